The number of carbonyl (C=O) groups is 1. The maximum Gasteiger partial charge on any atom is 0.310 e. The molecule has 2 N–H and O–H groups in total. The van der Waals surface area contributed by atoms with E-state index >= 15 is 0 Å². The minimum Gasteiger partial charge on any atom is -0.481 e. The van der Waals surface area contributed by atoms with Gasteiger partial charge in [0.1, 0.15) is 5.65 Å². The van der Waals surface area contributed by atoms with Crippen LogP contribution in [-0.2, 0) is 11.3 Å². The van der Waals surface area contributed by atoms with Gasteiger partial charge in [0.2, 0.25) is 0 Å². The third-order valence-electron chi connectivity index (χ3n) is 4.55. The largest absolute Gasteiger partial charge is 0.481 e. The number of likely N-dealkylation sites (tertiary alicyclic amines) is 1. The van der Waals surface area contributed by atoms with Crippen molar-refractivity contribution in [1.82, 2.24) is 14.9 Å². The van der Waals surface area contributed by atoms with Gasteiger partial charge < -0.3 is 10.1 Å². The second-order valence-corrected chi connectivity index (χ2v) is 6.01. The van der Waals surface area contributed by atoms with E-state index in [1.807, 2.05) is 12.3 Å². The normalized spacial score (nSPS) is 22.9. The lowest BCUT2D eigenvalue weighted by Crippen LogP contribution is -2.34. The lowest BCUT2D eigenvalue weighted by Gasteiger charge is -2.24. The Labute approximate surface area is 124 Å². The van der Waals surface area contributed by atoms with E-state index < -0.39 is 11.4 Å². The second-order valence-electron chi connectivity index (χ2n) is 6.01. The summed E-state index contributed by atoms with van der Waals surface area (Å²) in [6.07, 6.45) is 6.18. The van der Waals surface area contributed by atoms with E-state index in [2.05, 4.69) is 27.9 Å². The molecular formula is C16H21N3O2. The van der Waals surface area contributed by atoms with Crippen LogP contribution in [0.5, 0.6) is 0 Å². The number of fused-ring (bicyclic) bond motifs is 1. The van der Waals surface area contributed by atoms with Crippen LogP contribution in [0, 0.1) is 5.41 Å². The SMILES string of the molecule is CCCC1(C(=O)O)CCN(Cc2c[nH]c3ncccc23)C1. The van der Waals surface area contributed by atoms with Gasteiger partial charge in [0.25, 0.3) is 0 Å². The molecule has 5 nitrogen and oxygen atoms in total. The Morgan fingerprint density at radius 3 is 3.19 bits per heavy atom. The Morgan fingerprint density at radius 2 is 2.43 bits per heavy atom. The van der Waals surface area contributed by atoms with Crippen molar-refractivity contribution in [2.75, 3.05) is 13.1 Å². The van der Waals surface area contributed by atoms with Crippen LogP contribution in [0.4, 0.5) is 0 Å². The highest BCUT2D eigenvalue weighted by Crippen LogP contribution is 2.36. The molecule has 1 fully saturated rings. The van der Waals surface area contributed by atoms with Crippen LogP contribution in [-0.4, -0.2) is 39.0 Å². The fourth-order valence-electron chi connectivity index (χ4n) is 3.44. The number of H-pyrrole nitrogens is 1. The molecule has 0 radical (unpaired) electrons. The van der Waals surface area contributed by atoms with Gasteiger partial charge in [-0.2, -0.15) is 0 Å². The molecule has 1 saturated heterocycles. The molecule has 1 atom stereocenters. The Kier molecular flexibility index (Phi) is 3.68. The van der Waals surface area contributed by atoms with Gasteiger partial charge in [-0.25, -0.2) is 4.98 Å². The Hall–Kier alpha value is -1.88. The van der Waals surface area contributed by atoms with Gasteiger partial charge in [-0.1, -0.05) is 13.3 Å². The molecule has 112 valence electrons. The first-order chi connectivity index (χ1) is 10.1. The molecule has 1 aliphatic heterocycles. The average molecular weight is 287 g/mol. The highest BCUT2D eigenvalue weighted by Gasteiger charge is 2.43. The Balaban J connectivity index is 1.76. The molecule has 1 unspecified atom stereocenters. The number of aromatic nitrogens is 2. The Morgan fingerprint density at radius 1 is 1.57 bits per heavy atom. The van der Waals surface area contributed by atoms with Crippen molar-refractivity contribution in [2.45, 2.75) is 32.7 Å². The van der Waals surface area contributed by atoms with Gasteiger partial charge in [-0.05, 0) is 37.1 Å². The summed E-state index contributed by atoms with van der Waals surface area (Å²) in [5.74, 6) is -0.646. The number of aliphatic carboxylic acids is 1. The van der Waals surface area contributed by atoms with Crippen LogP contribution in [0.3, 0.4) is 0 Å². The minimum absolute atomic E-state index is 0.556. The summed E-state index contributed by atoms with van der Waals surface area (Å²) in [6.45, 7) is 4.32. The van der Waals surface area contributed by atoms with Crippen molar-refractivity contribution >= 4 is 17.0 Å². The van der Waals surface area contributed by atoms with Crippen LogP contribution in [0.25, 0.3) is 11.0 Å². The number of pyridine rings is 1. The molecule has 0 aromatic carbocycles. The molecule has 5 heteroatoms. The maximum atomic E-state index is 11.6. The van der Waals surface area contributed by atoms with Crippen molar-refractivity contribution in [2.24, 2.45) is 5.41 Å². The molecule has 3 rings (SSSR count). The van der Waals surface area contributed by atoms with E-state index in [0.29, 0.717) is 6.54 Å². The average Bonchev–Trinajstić information content (AvgIpc) is 3.06. The molecule has 2 aromatic heterocycles. The number of rotatable bonds is 5. The zero-order valence-corrected chi connectivity index (χ0v) is 12.3. The number of nitrogens with one attached hydrogen (secondary N) is 1. The van der Waals surface area contributed by atoms with E-state index in [0.717, 1.165) is 43.4 Å². The number of carboxylic acids is 1. The molecule has 0 amide bonds. The highest BCUT2D eigenvalue weighted by molar-refractivity contribution is 5.79. The van der Waals surface area contributed by atoms with E-state index in [1.165, 1.54) is 5.56 Å². The molecule has 3 heterocycles. The Bertz CT molecular complexity index is 652. The molecule has 1 aliphatic rings. The summed E-state index contributed by atoms with van der Waals surface area (Å²) in [6, 6.07) is 3.99. The molecule has 2 aromatic rings. The number of hydrogen-bond acceptors (Lipinski definition) is 3. The van der Waals surface area contributed by atoms with Crippen LogP contribution < -0.4 is 0 Å². The highest BCUT2D eigenvalue weighted by atomic mass is 16.4. The van der Waals surface area contributed by atoms with Gasteiger partial charge in [0.05, 0.1) is 5.41 Å². The summed E-state index contributed by atoms with van der Waals surface area (Å²) in [5, 5.41) is 10.7. The van der Waals surface area contributed by atoms with Crippen molar-refractivity contribution in [3.8, 4) is 0 Å². The smallest absolute Gasteiger partial charge is 0.310 e. The van der Waals surface area contributed by atoms with Crippen molar-refractivity contribution in [3.05, 3.63) is 30.1 Å². The number of hydrogen-bond donors (Lipinski definition) is 2. The summed E-state index contributed by atoms with van der Waals surface area (Å²) < 4.78 is 0. The van der Waals surface area contributed by atoms with Crippen LogP contribution in [0.15, 0.2) is 24.5 Å². The van der Waals surface area contributed by atoms with Gasteiger partial charge >= 0.3 is 5.97 Å². The van der Waals surface area contributed by atoms with Crippen molar-refractivity contribution < 1.29 is 9.90 Å². The number of carboxylic acid groups (broad SMARTS) is 1. The summed E-state index contributed by atoms with van der Waals surface area (Å²) in [5.41, 5.74) is 1.53. The fraction of sp³-hybridized carbons (Fsp3) is 0.500. The first kappa shape index (κ1) is 14.1. The first-order valence-electron chi connectivity index (χ1n) is 7.51. The van der Waals surface area contributed by atoms with Gasteiger partial charge in [0.15, 0.2) is 0 Å². The molecule has 0 aliphatic carbocycles. The van der Waals surface area contributed by atoms with E-state index in [1.54, 1.807) is 6.20 Å². The predicted molar refractivity (Wildman–Crippen MR) is 81.0 cm³/mol. The monoisotopic (exact) mass is 287 g/mol. The van der Waals surface area contributed by atoms with E-state index in [-0.39, 0.29) is 0 Å². The lowest BCUT2D eigenvalue weighted by atomic mass is 9.83. The fourth-order valence-corrected chi connectivity index (χ4v) is 3.44. The molecular weight excluding hydrogens is 266 g/mol. The third kappa shape index (κ3) is 2.53. The zero-order valence-electron chi connectivity index (χ0n) is 12.3. The zero-order chi connectivity index (χ0) is 14.9. The van der Waals surface area contributed by atoms with Crippen molar-refractivity contribution in [1.29, 1.82) is 0 Å². The quantitative estimate of drug-likeness (QED) is 0.887. The van der Waals surface area contributed by atoms with E-state index in [4.69, 9.17) is 0 Å². The van der Waals surface area contributed by atoms with E-state index in [9.17, 15) is 9.90 Å². The standard InChI is InChI=1S/C16H21N3O2/c1-2-5-16(15(20)21)6-8-19(11-16)10-12-9-18-14-13(12)4-3-7-17-14/h3-4,7,9H,2,5-6,8,10-11H2,1H3,(H,17,18)(H,20,21). The van der Waals surface area contributed by atoms with Crippen LogP contribution in [0.1, 0.15) is 31.7 Å². The molecule has 0 bridgehead atoms. The minimum atomic E-state index is -0.646. The second kappa shape index (κ2) is 5.48. The molecule has 0 spiro atoms. The van der Waals surface area contributed by atoms with Gasteiger partial charge in [-0.3, -0.25) is 9.69 Å². The summed E-state index contributed by atoms with van der Waals surface area (Å²) >= 11 is 0. The predicted octanol–water partition coefficient (Wildman–Crippen LogP) is 2.64. The lowest BCUT2D eigenvalue weighted by molar-refractivity contribution is -0.148. The number of aromatic amines is 1. The molecule has 21 heavy (non-hydrogen) atoms. The third-order valence-corrected chi connectivity index (χ3v) is 4.55. The topological polar surface area (TPSA) is 69.2 Å². The van der Waals surface area contributed by atoms with Crippen molar-refractivity contribution in [3.63, 3.8) is 0 Å². The van der Waals surface area contributed by atoms with Crippen LogP contribution >= 0.6 is 0 Å². The van der Waals surface area contributed by atoms with Crippen LogP contribution in [0.2, 0.25) is 0 Å². The summed E-state index contributed by atoms with van der Waals surface area (Å²) in [4.78, 5) is 21.4. The first-order valence-corrected chi connectivity index (χ1v) is 7.51. The summed E-state index contributed by atoms with van der Waals surface area (Å²) in [7, 11) is 0. The van der Waals surface area contributed by atoms with Gasteiger partial charge in [0, 0.05) is 30.9 Å². The molecule has 0 saturated carbocycles. The maximum absolute atomic E-state index is 11.6. The number of nitrogens with zero attached hydrogens (tertiary/aromatic N) is 2. The van der Waals surface area contributed by atoms with Gasteiger partial charge in [-0.15, -0.1) is 0 Å².